The molecule has 2 aliphatic rings. The minimum Gasteiger partial charge on any atom is -0.285 e. The molecular weight excluding hydrogens is 800 g/mol. The topological polar surface area (TPSA) is 49.0 Å². The molecule has 5 aromatic rings. The summed E-state index contributed by atoms with van der Waals surface area (Å²) in [4.78, 5) is 10.0. The second-order valence-corrected chi connectivity index (χ2v) is 23.7. The quantitative estimate of drug-likeness (QED) is 0.124. The SMILES string of the molecule is CC(C)c1cccc(C(C)C)c1/C1=C/C(C)(C)c2cccc(C(C)C)c2N2C=CN(c3c(C(C)C)cccc3C(C)C)/C2=N/P1(C)=Nc1nccn1-c1c(C(C)C)cccc1C(C)C. The first-order valence-electron chi connectivity index (χ1n) is 23.9. The van der Waals surface area contributed by atoms with Gasteiger partial charge < -0.3 is 0 Å². The highest BCUT2D eigenvalue weighted by Crippen LogP contribution is 2.66. The Morgan fingerprint density at radius 3 is 1.36 bits per heavy atom. The predicted octanol–water partition coefficient (Wildman–Crippen LogP) is 17.3. The van der Waals surface area contributed by atoms with Crippen LogP contribution in [0.4, 0.5) is 17.3 Å². The van der Waals surface area contributed by atoms with Crippen molar-refractivity contribution in [1.29, 1.82) is 0 Å². The Bertz CT molecular complexity index is 2600. The lowest BCUT2D eigenvalue weighted by atomic mass is 9.79. The molecule has 3 heterocycles. The number of nitrogens with zero attached hydrogens (tertiary/aromatic N) is 6. The summed E-state index contributed by atoms with van der Waals surface area (Å²) in [5.41, 5.74) is 14.8. The molecule has 7 rings (SSSR count). The molecule has 0 amide bonds. The highest BCUT2D eigenvalue weighted by molar-refractivity contribution is 7.75. The molecule has 0 N–H and O–H groups in total. The van der Waals surface area contributed by atoms with Crippen molar-refractivity contribution in [2.45, 2.75) is 158 Å². The lowest BCUT2D eigenvalue weighted by Gasteiger charge is -2.33. The van der Waals surface area contributed by atoms with Gasteiger partial charge in [-0.1, -0.05) is 190 Å². The lowest BCUT2D eigenvalue weighted by molar-refractivity contribution is 0.670. The van der Waals surface area contributed by atoms with E-state index in [1.165, 1.54) is 72.4 Å². The van der Waals surface area contributed by atoms with Crippen molar-refractivity contribution in [2.75, 3.05) is 16.5 Å². The van der Waals surface area contributed by atoms with Crippen molar-refractivity contribution in [1.82, 2.24) is 9.55 Å². The van der Waals surface area contributed by atoms with Crippen LogP contribution < -0.4 is 9.80 Å². The van der Waals surface area contributed by atoms with Crippen LogP contribution in [0.5, 0.6) is 0 Å². The average Bonchev–Trinajstić information content (AvgIpc) is 3.87. The largest absolute Gasteiger partial charge is 0.285 e. The number of para-hydroxylation sites is 3. The van der Waals surface area contributed by atoms with E-state index in [9.17, 15) is 0 Å². The molecule has 2 aliphatic heterocycles. The van der Waals surface area contributed by atoms with E-state index in [-0.39, 0.29) is 17.8 Å². The molecule has 0 radical (unpaired) electrons. The van der Waals surface area contributed by atoms with Crippen molar-refractivity contribution in [3.63, 3.8) is 0 Å². The van der Waals surface area contributed by atoms with E-state index < -0.39 is 12.6 Å². The summed E-state index contributed by atoms with van der Waals surface area (Å²) < 4.78 is 14.7. The molecule has 1 aromatic heterocycles. The number of rotatable bonds is 11. The molecule has 64 heavy (non-hydrogen) atoms. The summed E-state index contributed by atoms with van der Waals surface area (Å²) in [5.74, 6) is 3.57. The van der Waals surface area contributed by atoms with Gasteiger partial charge in [0.2, 0.25) is 11.9 Å². The van der Waals surface area contributed by atoms with Crippen molar-refractivity contribution >= 4 is 35.8 Å². The molecule has 0 saturated carbocycles. The molecule has 6 nitrogen and oxygen atoms in total. The molecule has 7 heteroatoms. The molecule has 1 atom stereocenters. The van der Waals surface area contributed by atoms with Crippen molar-refractivity contribution in [3.8, 4) is 5.69 Å². The first kappa shape index (κ1) is 47.0. The summed E-state index contributed by atoms with van der Waals surface area (Å²) in [6.45, 7) is 39.5. The van der Waals surface area contributed by atoms with E-state index >= 15 is 0 Å². The van der Waals surface area contributed by atoms with Crippen LogP contribution in [-0.2, 0) is 5.41 Å². The summed E-state index contributed by atoms with van der Waals surface area (Å²) in [6, 6.07) is 27.5. The number of imidazole rings is 1. The van der Waals surface area contributed by atoms with E-state index in [0.29, 0.717) is 29.6 Å². The summed E-state index contributed by atoms with van der Waals surface area (Å²) in [7, 11) is -3.03. The van der Waals surface area contributed by atoms with Crippen molar-refractivity contribution in [2.24, 2.45) is 9.51 Å². The number of hydrogen-bond acceptors (Lipinski definition) is 4. The van der Waals surface area contributed by atoms with Gasteiger partial charge in [0.25, 0.3) is 0 Å². The van der Waals surface area contributed by atoms with Gasteiger partial charge in [0.1, 0.15) is 7.21 Å². The molecule has 0 bridgehead atoms. The molecule has 338 valence electrons. The Morgan fingerprint density at radius 1 is 0.516 bits per heavy atom. The minimum absolute atomic E-state index is 0.271. The van der Waals surface area contributed by atoms with Gasteiger partial charge in [-0.3, -0.25) is 14.4 Å². The monoisotopic (exact) mass is 875 g/mol. The zero-order valence-corrected chi connectivity index (χ0v) is 42.9. The van der Waals surface area contributed by atoms with Gasteiger partial charge in [-0.2, -0.15) is 0 Å². The van der Waals surface area contributed by atoms with E-state index in [0.717, 1.165) is 5.96 Å². The molecular formula is C57H75N6P. The zero-order valence-electron chi connectivity index (χ0n) is 42.0. The van der Waals surface area contributed by atoms with Crippen LogP contribution in [-0.4, -0.2) is 22.2 Å². The third kappa shape index (κ3) is 8.53. The highest BCUT2D eigenvalue weighted by atomic mass is 31.2. The van der Waals surface area contributed by atoms with Gasteiger partial charge in [0.05, 0.1) is 17.1 Å². The number of hydrogen-bond donors (Lipinski definition) is 0. The molecule has 4 aromatic carbocycles. The Balaban J connectivity index is 1.72. The van der Waals surface area contributed by atoms with Crippen LogP contribution in [0, 0.1) is 0 Å². The van der Waals surface area contributed by atoms with Gasteiger partial charge in [-0.05, 0) is 98.2 Å². The van der Waals surface area contributed by atoms with Gasteiger partial charge in [-0.25, -0.2) is 14.5 Å². The van der Waals surface area contributed by atoms with Gasteiger partial charge in [-0.15, -0.1) is 0 Å². The van der Waals surface area contributed by atoms with Crippen LogP contribution in [0.15, 0.2) is 113 Å². The van der Waals surface area contributed by atoms with Gasteiger partial charge in [0, 0.05) is 35.5 Å². The van der Waals surface area contributed by atoms with Crippen molar-refractivity contribution in [3.05, 3.63) is 154 Å². The predicted molar refractivity (Wildman–Crippen MR) is 279 cm³/mol. The average molecular weight is 875 g/mol. The Hall–Kier alpha value is -4.93. The van der Waals surface area contributed by atoms with Crippen LogP contribution >= 0.6 is 7.21 Å². The number of fused-ring (bicyclic) bond motifs is 3. The molecule has 1 unspecified atom stereocenters. The third-order valence-electron chi connectivity index (χ3n) is 13.4. The van der Waals surface area contributed by atoms with Gasteiger partial charge >= 0.3 is 0 Å². The number of guanidine groups is 1. The van der Waals surface area contributed by atoms with Crippen LogP contribution in [0.3, 0.4) is 0 Å². The maximum absolute atomic E-state index is 6.33. The number of anilines is 2. The summed E-state index contributed by atoms with van der Waals surface area (Å²) in [6.07, 6.45) is 11.2. The molecule has 0 spiro atoms. The first-order chi connectivity index (χ1) is 30.2. The van der Waals surface area contributed by atoms with E-state index in [4.69, 9.17) is 14.5 Å². The van der Waals surface area contributed by atoms with Crippen LogP contribution in [0.2, 0.25) is 0 Å². The second kappa shape index (κ2) is 18.2. The molecule has 0 aliphatic carbocycles. The van der Waals surface area contributed by atoms with E-state index in [1.807, 2.05) is 6.20 Å². The fraction of sp³-hybridized carbons (Fsp3) is 0.439. The maximum Gasteiger partial charge on any atom is 0.234 e. The number of benzene rings is 4. The Kier molecular flexibility index (Phi) is 13.3. The van der Waals surface area contributed by atoms with E-state index in [1.54, 1.807) is 0 Å². The van der Waals surface area contributed by atoms with Gasteiger partial charge in [0.15, 0.2) is 0 Å². The van der Waals surface area contributed by atoms with Crippen molar-refractivity contribution < 1.29 is 0 Å². The molecule has 0 fully saturated rings. The number of aromatic nitrogens is 2. The van der Waals surface area contributed by atoms with E-state index in [2.05, 4.69) is 229 Å². The lowest BCUT2D eigenvalue weighted by Crippen LogP contribution is -2.36. The number of allylic oxidation sites excluding steroid dienone is 1. The highest BCUT2D eigenvalue weighted by Gasteiger charge is 2.40. The minimum atomic E-state index is -3.03. The summed E-state index contributed by atoms with van der Waals surface area (Å²) in [5, 5.41) is 1.20. The zero-order chi connectivity index (χ0) is 46.6. The second-order valence-electron chi connectivity index (χ2n) is 21.0. The standard InChI is InChI=1S/C57H75N6P/c1-35(2)42-22-18-23-43(36(3)4)51(42)50-34-57(15,16)49-29-21-28-48(41(13)14)54(49)63-33-32-62(53-46(39(9)10)26-20-27-47(53)40(11)12)56(63)60-64(50,17)59-55-58-30-31-61(55)52-44(37(5)6)24-19-25-45(52)38(7)8/h18-41H,1-17H3/b50-34-,60-56-. The molecule has 0 saturated heterocycles. The fourth-order valence-electron chi connectivity index (χ4n) is 9.92. The Morgan fingerprint density at radius 2 is 0.906 bits per heavy atom. The van der Waals surface area contributed by atoms with Crippen LogP contribution in [0.25, 0.3) is 11.0 Å². The summed E-state index contributed by atoms with van der Waals surface area (Å²) >= 11 is 0. The normalized spacial score (nSPS) is 19.1. The maximum atomic E-state index is 6.33. The third-order valence-corrected chi connectivity index (χ3v) is 15.8. The Labute approximate surface area is 386 Å². The fourth-order valence-corrected chi connectivity index (χ4v) is 12.5. The van der Waals surface area contributed by atoms with Crippen LogP contribution in [0.1, 0.15) is 202 Å². The smallest absolute Gasteiger partial charge is 0.234 e. The first-order valence-corrected chi connectivity index (χ1v) is 26.1.